The maximum Gasteiger partial charge on any atom is 0.219 e. The molecule has 1 heterocycles. The van der Waals surface area contributed by atoms with E-state index in [4.69, 9.17) is 9.47 Å². The predicted octanol–water partition coefficient (Wildman–Crippen LogP) is 0.228. The molecule has 4 heteroatoms. The predicted molar refractivity (Wildman–Crippen MR) is 43.6 cm³/mol. The van der Waals surface area contributed by atoms with Crippen LogP contribution >= 0.6 is 0 Å². The Morgan fingerprint density at radius 3 is 3.08 bits per heavy atom. The van der Waals surface area contributed by atoms with Crippen LogP contribution in [0.1, 0.15) is 13.8 Å². The van der Waals surface area contributed by atoms with Crippen LogP contribution in [-0.4, -0.2) is 43.4 Å². The number of carbonyl (C=O) groups is 1. The average Bonchev–Trinajstić information content (AvgIpc) is 2.05. The molecule has 1 aliphatic rings. The van der Waals surface area contributed by atoms with Gasteiger partial charge in [0.25, 0.3) is 0 Å². The molecule has 0 bridgehead atoms. The van der Waals surface area contributed by atoms with Gasteiger partial charge in [0, 0.05) is 20.1 Å². The normalized spacial score (nSPS) is 24.2. The molecule has 0 aromatic rings. The van der Waals surface area contributed by atoms with Crippen molar-refractivity contribution in [2.24, 2.45) is 0 Å². The number of carbonyl (C=O) groups excluding carboxylic acids is 1. The summed E-state index contributed by atoms with van der Waals surface area (Å²) in [6.07, 6.45) is -0.229. The van der Waals surface area contributed by atoms with E-state index < -0.39 is 0 Å². The highest BCUT2D eigenvalue weighted by Crippen LogP contribution is 2.06. The van der Waals surface area contributed by atoms with Gasteiger partial charge in [-0.25, -0.2) is 0 Å². The van der Waals surface area contributed by atoms with Crippen LogP contribution in [0.5, 0.6) is 0 Å². The van der Waals surface area contributed by atoms with Gasteiger partial charge in [0.1, 0.15) is 0 Å². The van der Waals surface area contributed by atoms with E-state index in [9.17, 15) is 4.79 Å². The summed E-state index contributed by atoms with van der Waals surface area (Å²) in [5, 5.41) is 0. The summed E-state index contributed by atoms with van der Waals surface area (Å²) in [6.45, 7) is 5.91. The maximum atomic E-state index is 11.0. The Balaban J connectivity index is 2.35. The quantitative estimate of drug-likeness (QED) is 0.600. The highest BCUT2D eigenvalue weighted by molar-refractivity contribution is 5.73. The molecule has 0 unspecified atom stereocenters. The van der Waals surface area contributed by atoms with E-state index in [1.807, 2.05) is 6.92 Å². The minimum Gasteiger partial charge on any atom is -0.351 e. The van der Waals surface area contributed by atoms with Crippen molar-refractivity contribution in [3.63, 3.8) is 0 Å². The number of morpholine rings is 1. The van der Waals surface area contributed by atoms with Crippen LogP contribution in [0.3, 0.4) is 0 Å². The topological polar surface area (TPSA) is 38.8 Å². The molecular weight excluding hydrogens is 158 g/mol. The van der Waals surface area contributed by atoms with E-state index in [1.54, 1.807) is 11.8 Å². The van der Waals surface area contributed by atoms with E-state index in [1.165, 1.54) is 0 Å². The fourth-order valence-corrected chi connectivity index (χ4v) is 1.19. The van der Waals surface area contributed by atoms with Gasteiger partial charge in [0.2, 0.25) is 5.91 Å². The third kappa shape index (κ3) is 2.46. The largest absolute Gasteiger partial charge is 0.351 e. The number of nitrogens with zero attached hydrogens (tertiary/aromatic N) is 1. The molecule has 12 heavy (non-hydrogen) atoms. The highest BCUT2D eigenvalue weighted by Gasteiger charge is 2.21. The van der Waals surface area contributed by atoms with Crippen molar-refractivity contribution in [3.05, 3.63) is 0 Å². The summed E-state index contributed by atoms with van der Waals surface area (Å²) >= 11 is 0. The second-order valence-electron chi connectivity index (χ2n) is 2.72. The lowest BCUT2D eigenvalue weighted by atomic mass is 10.4. The van der Waals surface area contributed by atoms with Gasteiger partial charge in [-0.2, -0.15) is 0 Å². The number of ether oxygens (including phenoxy) is 2. The Hall–Kier alpha value is -0.610. The van der Waals surface area contributed by atoms with Gasteiger partial charge >= 0.3 is 0 Å². The van der Waals surface area contributed by atoms with Gasteiger partial charge in [-0.15, -0.1) is 0 Å². The molecule has 1 amide bonds. The van der Waals surface area contributed by atoms with Gasteiger partial charge in [0.15, 0.2) is 6.29 Å². The lowest BCUT2D eigenvalue weighted by Gasteiger charge is -2.31. The summed E-state index contributed by atoms with van der Waals surface area (Å²) < 4.78 is 10.5. The Morgan fingerprint density at radius 1 is 1.75 bits per heavy atom. The Labute approximate surface area is 72.4 Å². The second kappa shape index (κ2) is 4.42. The van der Waals surface area contributed by atoms with Crippen LogP contribution in [0.15, 0.2) is 0 Å². The van der Waals surface area contributed by atoms with Crippen molar-refractivity contribution in [3.8, 4) is 0 Å². The van der Waals surface area contributed by atoms with Crippen LogP contribution in [0.4, 0.5) is 0 Å². The van der Waals surface area contributed by atoms with E-state index in [0.717, 1.165) is 0 Å². The first-order valence-electron chi connectivity index (χ1n) is 4.22. The minimum absolute atomic E-state index is 0.0861. The van der Waals surface area contributed by atoms with Crippen molar-refractivity contribution in [1.29, 1.82) is 0 Å². The van der Waals surface area contributed by atoms with E-state index in [2.05, 4.69) is 0 Å². The zero-order valence-corrected chi connectivity index (χ0v) is 7.58. The van der Waals surface area contributed by atoms with Crippen molar-refractivity contribution >= 4 is 5.91 Å². The van der Waals surface area contributed by atoms with Crippen molar-refractivity contribution in [1.82, 2.24) is 4.90 Å². The molecule has 0 N–H and O–H groups in total. The Morgan fingerprint density at radius 2 is 2.50 bits per heavy atom. The molecule has 0 spiro atoms. The summed E-state index contributed by atoms with van der Waals surface area (Å²) in [6, 6.07) is 0. The standard InChI is InChI=1S/C8H15NO3/c1-3-11-8-6-9(7(2)10)4-5-12-8/h8H,3-6H2,1-2H3/t8-/m1/s1. The summed E-state index contributed by atoms with van der Waals surface area (Å²) in [7, 11) is 0. The maximum absolute atomic E-state index is 11.0. The van der Waals surface area contributed by atoms with Crippen LogP contribution < -0.4 is 0 Å². The third-order valence-electron chi connectivity index (χ3n) is 1.83. The van der Waals surface area contributed by atoms with Crippen molar-refractivity contribution in [2.75, 3.05) is 26.3 Å². The van der Waals surface area contributed by atoms with Crippen LogP contribution in [0.2, 0.25) is 0 Å². The lowest BCUT2D eigenvalue weighted by molar-refractivity contribution is -0.182. The SMILES string of the molecule is CCO[C@H]1CN(C(C)=O)CCO1. The molecule has 0 aromatic heterocycles. The van der Waals surface area contributed by atoms with Gasteiger partial charge in [0.05, 0.1) is 13.2 Å². The molecule has 4 nitrogen and oxygen atoms in total. The fourth-order valence-electron chi connectivity index (χ4n) is 1.19. The summed E-state index contributed by atoms with van der Waals surface area (Å²) in [4.78, 5) is 12.7. The van der Waals surface area contributed by atoms with Gasteiger partial charge in [-0.1, -0.05) is 0 Å². The average molecular weight is 173 g/mol. The minimum atomic E-state index is -0.229. The van der Waals surface area contributed by atoms with Crippen LogP contribution in [-0.2, 0) is 14.3 Å². The number of rotatable bonds is 2. The first-order chi connectivity index (χ1) is 5.74. The van der Waals surface area contributed by atoms with Gasteiger partial charge in [-0.3, -0.25) is 4.79 Å². The number of hydrogen-bond donors (Lipinski definition) is 0. The molecule has 0 saturated carbocycles. The first kappa shape index (κ1) is 9.48. The zero-order valence-electron chi connectivity index (χ0n) is 7.58. The van der Waals surface area contributed by atoms with Crippen molar-refractivity contribution < 1.29 is 14.3 Å². The third-order valence-corrected chi connectivity index (χ3v) is 1.83. The molecular formula is C8H15NO3. The monoisotopic (exact) mass is 173 g/mol. The molecule has 1 atom stereocenters. The molecule has 0 radical (unpaired) electrons. The molecule has 0 aliphatic carbocycles. The Kier molecular flexibility index (Phi) is 3.49. The molecule has 70 valence electrons. The summed E-state index contributed by atoms with van der Waals surface area (Å²) in [5.41, 5.74) is 0. The lowest BCUT2D eigenvalue weighted by Crippen LogP contribution is -2.45. The Bertz CT molecular complexity index is 158. The van der Waals surface area contributed by atoms with Gasteiger partial charge in [-0.05, 0) is 6.92 Å². The molecule has 1 aliphatic heterocycles. The molecule has 1 fully saturated rings. The first-order valence-corrected chi connectivity index (χ1v) is 4.22. The molecule has 0 aromatic carbocycles. The number of amides is 1. The second-order valence-corrected chi connectivity index (χ2v) is 2.72. The van der Waals surface area contributed by atoms with Crippen LogP contribution in [0, 0.1) is 0 Å². The van der Waals surface area contributed by atoms with E-state index in [0.29, 0.717) is 26.3 Å². The van der Waals surface area contributed by atoms with E-state index in [-0.39, 0.29) is 12.2 Å². The molecule has 1 saturated heterocycles. The van der Waals surface area contributed by atoms with Gasteiger partial charge < -0.3 is 14.4 Å². The fraction of sp³-hybridized carbons (Fsp3) is 0.875. The molecule has 1 rings (SSSR count). The van der Waals surface area contributed by atoms with Crippen LogP contribution in [0.25, 0.3) is 0 Å². The van der Waals surface area contributed by atoms with E-state index >= 15 is 0 Å². The highest BCUT2D eigenvalue weighted by atomic mass is 16.7. The van der Waals surface area contributed by atoms with Crippen molar-refractivity contribution in [2.45, 2.75) is 20.1 Å². The number of hydrogen-bond acceptors (Lipinski definition) is 3. The smallest absolute Gasteiger partial charge is 0.219 e. The zero-order chi connectivity index (χ0) is 8.97. The summed E-state index contributed by atoms with van der Waals surface area (Å²) in [5.74, 6) is 0.0861.